The Hall–Kier alpha value is -3.51. The predicted octanol–water partition coefficient (Wildman–Crippen LogP) is 6.04. The summed E-state index contributed by atoms with van der Waals surface area (Å²) < 4.78 is 15.4. The molecule has 0 N–H and O–H groups in total. The third-order valence-corrected chi connectivity index (χ3v) is 5.84. The molecule has 0 aliphatic heterocycles. The van der Waals surface area contributed by atoms with Crippen LogP contribution in [0.5, 0.6) is 0 Å². The van der Waals surface area contributed by atoms with Crippen LogP contribution in [0.25, 0.3) is 16.6 Å². The highest BCUT2D eigenvalue weighted by atomic mass is 35.5. The van der Waals surface area contributed by atoms with Crippen LogP contribution in [0.1, 0.15) is 43.0 Å². The molecule has 1 unspecified atom stereocenters. The zero-order valence-electron chi connectivity index (χ0n) is 19.2. The van der Waals surface area contributed by atoms with E-state index in [-0.39, 0.29) is 22.9 Å². The summed E-state index contributed by atoms with van der Waals surface area (Å²) in [6, 6.07) is 19.1. The smallest absolute Gasteiger partial charge is 0.266 e. The van der Waals surface area contributed by atoms with Gasteiger partial charge in [0.25, 0.3) is 11.5 Å². The lowest BCUT2D eigenvalue weighted by molar-refractivity contribution is 0.0654. The summed E-state index contributed by atoms with van der Waals surface area (Å²) in [7, 11) is 0. The van der Waals surface area contributed by atoms with Crippen molar-refractivity contribution < 1.29 is 9.18 Å². The molecule has 3 aromatic carbocycles. The molecule has 0 saturated carbocycles. The number of aromatic nitrogens is 2. The van der Waals surface area contributed by atoms with Gasteiger partial charge in [0.2, 0.25) is 0 Å². The minimum absolute atomic E-state index is 0.131. The molecule has 0 spiro atoms. The molecule has 4 rings (SSSR count). The van der Waals surface area contributed by atoms with Gasteiger partial charge < -0.3 is 4.90 Å². The van der Waals surface area contributed by atoms with Crippen molar-refractivity contribution in [3.63, 3.8) is 0 Å². The molecule has 174 valence electrons. The molecular formula is C27H25ClFN3O2. The van der Waals surface area contributed by atoms with Gasteiger partial charge in [-0.25, -0.2) is 9.37 Å². The Bertz CT molecular complexity index is 1420. The minimum Gasteiger partial charge on any atom is -0.328 e. The second kappa shape index (κ2) is 9.77. The first kappa shape index (κ1) is 23.6. The molecule has 1 atom stereocenters. The molecular weight excluding hydrogens is 453 g/mol. The Labute approximate surface area is 202 Å². The molecule has 34 heavy (non-hydrogen) atoms. The van der Waals surface area contributed by atoms with Crippen molar-refractivity contribution in [3.8, 4) is 5.69 Å². The molecule has 0 aliphatic rings. The topological polar surface area (TPSA) is 55.2 Å². The van der Waals surface area contributed by atoms with Crippen molar-refractivity contribution in [1.29, 1.82) is 0 Å². The molecule has 1 aromatic heterocycles. The van der Waals surface area contributed by atoms with Crippen LogP contribution in [0, 0.1) is 11.7 Å². The van der Waals surface area contributed by atoms with Gasteiger partial charge in [0.1, 0.15) is 11.6 Å². The normalized spacial score (nSPS) is 12.2. The van der Waals surface area contributed by atoms with Crippen molar-refractivity contribution in [2.45, 2.75) is 26.8 Å². The van der Waals surface area contributed by atoms with Gasteiger partial charge in [0.05, 0.1) is 22.6 Å². The zero-order chi connectivity index (χ0) is 24.4. The number of rotatable bonds is 6. The maximum absolute atomic E-state index is 13.9. The highest BCUT2D eigenvalue weighted by Gasteiger charge is 2.28. The molecule has 0 bridgehead atoms. The van der Waals surface area contributed by atoms with E-state index in [1.807, 2.05) is 26.8 Å². The Balaban J connectivity index is 1.93. The Morgan fingerprint density at radius 2 is 1.76 bits per heavy atom. The fourth-order valence-corrected chi connectivity index (χ4v) is 4.22. The van der Waals surface area contributed by atoms with E-state index in [9.17, 15) is 14.0 Å². The maximum atomic E-state index is 13.9. The molecule has 0 radical (unpaired) electrons. The van der Waals surface area contributed by atoms with Gasteiger partial charge in [-0.05, 0) is 61.4 Å². The molecule has 4 aromatic rings. The van der Waals surface area contributed by atoms with E-state index < -0.39 is 11.9 Å². The van der Waals surface area contributed by atoms with Gasteiger partial charge in [-0.15, -0.1) is 0 Å². The van der Waals surface area contributed by atoms with E-state index in [0.29, 0.717) is 34.0 Å². The summed E-state index contributed by atoms with van der Waals surface area (Å²) in [6.45, 7) is 6.22. The third-order valence-electron chi connectivity index (χ3n) is 5.60. The predicted molar refractivity (Wildman–Crippen MR) is 133 cm³/mol. The van der Waals surface area contributed by atoms with Crippen LogP contribution in [0.4, 0.5) is 4.39 Å². The summed E-state index contributed by atoms with van der Waals surface area (Å²) >= 11 is 6.24. The molecule has 0 aliphatic carbocycles. The SMILES string of the molecule is CC(C)CN(C(=O)c1cccc(F)c1)C(C)c1nc2ccccc2c(=O)n1-c1cccc(Cl)c1. The fraction of sp³-hybridized carbons (Fsp3) is 0.222. The molecule has 0 saturated heterocycles. The van der Waals surface area contributed by atoms with E-state index in [1.165, 1.54) is 22.8 Å². The van der Waals surface area contributed by atoms with Crippen LogP contribution in [0.2, 0.25) is 5.02 Å². The Morgan fingerprint density at radius 3 is 2.47 bits per heavy atom. The van der Waals surface area contributed by atoms with Crippen molar-refractivity contribution in [3.05, 3.63) is 105 Å². The summed E-state index contributed by atoms with van der Waals surface area (Å²) in [5, 5.41) is 0.941. The Kier molecular flexibility index (Phi) is 6.80. The molecule has 7 heteroatoms. The number of carbonyl (C=O) groups is 1. The highest BCUT2D eigenvalue weighted by molar-refractivity contribution is 6.30. The van der Waals surface area contributed by atoms with E-state index >= 15 is 0 Å². The fourth-order valence-electron chi connectivity index (χ4n) is 4.03. The third kappa shape index (κ3) is 4.73. The maximum Gasteiger partial charge on any atom is 0.266 e. The van der Waals surface area contributed by atoms with Crippen LogP contribution in [-0.4, -0.2) is 26.9 Å². The first-order valence-corrected chi connectivity index (χ1v) is 11.5. The number of hydrogen-bond acceptors (Lipinski definition) is 3. The second-order valence-electron chi connectivity index (χ2n) is 8.65. The van der Waals surface area contributed by atoms with E-state index in [4.69, 9.17) is 16.6 Å². The average Bonchev–Trinajstić information content (AvgIpc) is 2.81. The number of para-hydroxylation sites is 1. The molecule has 5 nitrogen and oxygen atoms in total. The van der Waals surface area contributed by atoms with Crippen LogP contribution in [-0.2, 0) is 0 Å². The van der Waals surface area contributed by atoms with Crippen molar-refractivity contribution in [1.82, 2.24) is 14.5 Å². The first-order valence-electron chi connectivity index (χ1n) is 11.1. The van der Waals surface area contributed by atoms with Crippen LogP contribution < -0.4 is 5.56 Å². The zero-order valence-corrected chi connectivity index (χ0v) is 20.0. The Morgan fingerprint density at radius 1 is 1.03 bits per heavy atom. The van der Waals surface area contributed by atoms with Crippen LogP contribution in [0.15, 0.2) is 77.6 Å². The monoisotopic (exact) mass is 477 g/mol. The van der Waals surface area contributed by atoms with Gasteiger partial charge in [-0.1, -0.05) is 49.7 Å². The number of amides is 1. The number of nitrogens with zero attached hydrogens (tertiary/aromatic N) is 3. The van der Waals surface area contributed by atoms with Gasteiger partial charge in [0.15, 0.2) is 0 Å². The van der Waals surface area contributed by atoms with E-state index in [0.717, 1.165) is 0 Å². The first-order chi connectivity index (χ1) is 16.3. The average molecular weight is 478 g/mol. The van der Waals surface area contributed by atoms with Crippen molar-refractivity contribution in [2.24, 2.45) is 5.92 Å². The lowest BCUT2D eigenvalue weighted by atomic mass is 10.1. The minimum atomic E-state index is -0.588. The van der Waals surface area contributed by atoms with Gasteiger partial charge in [-0.3, -0.25) is 14.2 Å². The van der Waals surface area contributed by atoms with Gasteiger partial charge >= 0.3 is 0 Å². The molecule has 0 fully saturated rings. The van der Waals surface area contributed by atoms with E-state index in [1.54, 1.807) is 53.4 Å². The van der Waals surface area contributed by atoms with Crippen molar-refractivity contribution >= 4 is 28.4 Å². The van der Waals surface area contributed by atoms with Crippen LogP contribution >= 0.6 is 11.6 Å². The molecule has 1 amide bonds. The van der Waals surface area contributed by atoms with Crippen molar-refractivity contribution in [2.75, 3.05) is 6.54 Å². The van der Waals surface area contributed by atoms with Gasteiger partial charge in [-0.2, -0.15) is 0 Å². The summed E-state index contributed by atoms with van der Waals surface area (Å²) in [5.74, 6) is -0.286. The van der Waals surface area contributed by atoms with Crippen LogP contribution in [0.3, 0.4) is 0 Å². The number of fused-ring (bicyclic) bond motifs is 1. The second-order valence-corrected chi connectivity index (χ2v) is 9.08. The summed E-state index contributed by atoms with van der Waals surface area (Å²) in [4.78, 5) is 33.6. The standard InChI is InChI=1S/C27H25ClFN3O2/c1-17(2)16-31(26(33)19-8-6-10-21(29)14-19)18(3)25-30-24-13-5-4-12-23(24)27(34)32(25)22-11-7-9-20(28)15-22/h4-15,17-18H,16H2,1-3H3. The number of hydrogen-bond donors (Lipinski definition) is 0. The van der Waals surface area contributed by atoms with E-state index in [2.05, 4.69) is 0 Å². The summed E-state index contributed by atoms with van der Waals surface area (Å²) in [5.41, 5.74) is 1.08. The lowest BCUT2D eigenvalue weighted by Crippen LogP contribution is -2.39. The largest absolute Gasteiger partial charge is 0.328 e. The quantitative estimate of drug-likeness (QED) is 0.340. The number of halogens is 2. The van der Waals surface area contributed by atoms with Gasteiger partial charge in [0, 0.05) is 17.1 Å². The summed E-state index contributed by atoms with van der Waals surface area (Å²) in [6.07, 6.45) is 0. The lowest BCUT2D eigenvalue weighted by Gasteiger charge is -2.32. The molecule has 1 heterocycles. The number of carbonyl (C=O) groups excluding carboxylic acids is 1. The number of benzene rings is 3. The highest BCUT2D eigenvalue weighted by Crippen LogP contribution is 2.26.